The van der Waals surface area contributed by atoms with Crippen molar-refractivity contribution in [1.82, 2.24) is 4.98 Å². The number of nitrogens with zero attached hydrogens (tertiary/aromatic N) is 1. The normalized spacial score (nSPS) is 12.2. The van der Waals surface area contributed by atoms with E-state index in [1.165, 1.54) is 11.3 Å². The molecule has 0 aliphatic carbocycles. The van der Waals surface area contributed by atoms with Crippen molar-refractivity contribution in [3.63, 3.8) is 0 Å². The molecule has 1 atom stereocenters. The zero-order valence-electron chi connectivity index (χ0n) is 9.98. The molecule has 100 valence electrons. The SMILES string of the molecule is CC(N)c1nc(C(=O)Nc2c(Cl)cccc2Cl)cs1. The summed E-state index contributed by atoms with van der Waals surface area (Å²) in [5.41, 5.74) is 6.38. The first kappa shape index (κ1) is 14.3. The fraction of sp³-hybridized carbons (Fsp3) is 0.167. The molecular formula is C12H11Cl2N3OS. The van der Waals surface area contributed by atoms with Crippen molar-refractivity contribution in [2.75, 3.05) is 5.32 Å². The number of nitrogens with one attached hydrogen (secondary N) is 1. The Kier molecular flexibility index (Phi) is 4.42. The minimum Gasteiger partial charge on any atom is -0.322 e. The number of aromatic nitrogens is 1. The fourth-order valence-electron chi connectivity index (χ4n) is 1.40. The number of benzene rings is 1. The van der Waals surface area contributed by atoms with Crippen LogP contribution in [0.3, 0.4) is 0 Å². The molecule has 0 radical (unpaired) electrons. The molecule has 1 unspecified atom stereocenters. The number of carbonyl (C=O) groups is 1. The van der Waals surface area contributed by atoms with Crippen LogP contribution in [0.4, 0.5) is 5.69 Å². The van der Waals surface area contributed by atoms with Crippen LogP contribution in [0.5, 0.6) is 0 Å². The number of para-hydroxylation sites is 1. The molecule has 0 saturated carbocycles. The van der Waals surface area contributed by atoms with Gasteiger partial charge in [0.1, 0.15) is 10.7 Å². The topological polar surface area (TPSA) is 68.0 Å². The van der Waals surface area contributed by atoms with E-state index in [0.717, 1.165) is 0 Å². The van der Waals surface area contributed by atoms with E-state index in [1.807, 2.05) is 6.92 Å². The van der Waals surface area contributed by atoms with Gasteiger partial charge in [0.25, 0.3) is 5.91 Å². The lowest BCUT2D eigenvalue weighted by molar-refractivity contribution is 0.102. The lowest BCUT2D eigenvalue weighted by Gasteiger charge is -2.07. The first-order chi connectivity index (χ1) is 8.99. The summed E-state index contributed by atoms with van der Waals surface area (Å²) in [7, 11) is 0. The van der Waals surface area contributed by atoms with Crippen molar-refractivity contribution in [1.29, 1.82) is 0 Å². The summed E-state index contributed by atoms with van der Waals surface area (Å²) in [5.74, 6) is -0.363. The molecule has 1 aromatic carbocycles. The number of carbonyl (C=O) groups excluding carboxylic acids is 1. The second-order valence-electron chi connectivity index (χ2n) is 3.91. The van der Waals surface area contributed by atoms with E-state index in [4.69, 9.17) is 28.9 Å². The van der Waals surface area contributed by atoms with E-state index in [1.54, 1.807) is 23.6 Å². The van der Waals surface area contributed by atoms with Gasteiger partial charge in [-0.15, -0.1) is 11.3 Å². The first-order valence-electron chi connectivity index (χ1n) is 5.45. The number of nitrogens with two attached hydrogens (primary N) is 1. The lowest BCUT2D eigenvalue weighted by atomic mass is 10.3. The van der Waals surface area contributed by atoms with Gasteiger partial charge in [0.2, 0.25) is 0 Å². The summed E-state index contributed by atoms with van der Waals surface area (Å²) < 4.78 is 0. The maximum Gasteiger partial charge on any atom is 0.275 e. The van der Waals surface area contributed by atoms with Crippen LogP contribution >= 0.6 is 34.5 Å². The highest BCUT2D eigenvalue weighted by Crippen LogP contribution is 2.30. The fourth-order valence-corrected chi connectivity index (χ4v) is 2.65. The van der Waals surface area contributed by atoms with Gasteiger partial charge in [-0.25, -0.2) is 4.98 Å². The molecule has 7 heteroatoms. The van der Waals surface area contributed by atoms with Crippen molar-refractivity contribution in [3.05, 3.63) is 44.3 Å². The quantitative estimate of drug-likeness (QED) is 0.907. The molecular weight excluding hydrogens is 305 g/mol. The van der Waals surface area contributed by atoms with E-state index in [-0.39, 0.29) is 11.9 Å². The largest absolute Gasteiger partial charge is 0.322 e. The Morgan fingerprint density at radius 2 is 2.05 bits per heavy atom. The second-order valence-corrected chi connectivity index (χ2v) is 5.61. The molecule has 0 bridgehead atoms. The van der Waals surface area contributed by atoms with Gasteiger partial charge in [-0.05, 0) is 19.1 Å². The summed E-state index contributed by atoms with van der Waals surface area (Å²) in [4.78, 5) is 16.2. The zero-order chi connectivity index (χ0) is 14.0. The summed E-state index contributed by atoms with van der Waals surface area (Å²) in [6, 6.07) is 4.81. The standard InChI is InChI=1S/C12H11Cl2N3OS/c1-6(15)12-16-9(5-19-12)11(18)17-10-7(13)3-2-4-8(10)14/h2-6H,15H2,1H3,(H,17,18). The van der Waals surface area contributed by atoms with Gasteiger partial charge in [0.15, 0.2) is 0 Å². The van der Waals surface area contributed by atoms with Gasteiger partial charge in [-0.2, -0.15) is 0 Å². The Bertz CT molecular complexity index is 593. The number of amides is 1. The van der Waals surface area contributed by atoms with Crippen LogP contribution in [0.2, 0.25) is 10.0 Å². The molecule has 1 heterocycles. The minimum absolute atomic E-state index is 0.199. The Hall–Kier alpha value is -1.14. The molecule has 3 N–H and O–H groups in total. The van der Waals surface area contributed by atoms with Gasteiger partial charge in [0.05, 0.1) is 21.8 Å². The van der Waals surface area contributed by atoms with Crippen LogP contribution < -0.4 is 11.1 Å². The molecule has 0 fully saturated rings. The molecule has 2 rings (SSSR count). The molecule has 2 aromatic rings. The maximum atomic E-state index is 12.0. The Balaban J connectivity index is 2.21. The molecule has 4 nitrogen and oxygen atoms in total. The van der Waals surface area contributed by atoms with E-state index in [0.29, 0.717) is 26.4 Å². The predicted molar refractivity (Wildman–Crippen MR) is 79.1 cm³/mol. The van der Waals surface area contributed by atoms with Gasteiger partial charge in [-0.1, -0.05) is 29.3 Å². The highest BCUT2D eigenvalue weighted by Gasteiger charge is 2.15. The summed E-state index contributed by atoms with van der Waals surface area (Å²) in [5, 5.41) is 5.76. The second kappa shape index (κ2) is 5.88. The molecule has 0 aliphatic heterocycles. The molecule has 0 saturated heterocycles. The van der Waals surface area contributed by atoms with Gasteiger partial charge in [-0.3, -0.25) is 4.79 Å². The Morgan fingerprint density at radius 3 is 2.58 bits per heavy atom. The smallest absolute Gasteiger partial charge is 0.275 e. The number of halogens is 2. The number of hydrogen-bond acceptors (Lipinski definition) is 4. The Labute approximate surface area is 124 Å². The van der Waals surface area contributed by atoms with E-state index in [9.17, 15) is 4.79 Å². The monoisotopic (exact) mass is 315 g/mol. The zero-order valence-corrected chi connectivity index (χ0v) is 12.3. The molecule has 0 aliphatic rings. The third kappa shape index (κ3) is 3.25. The van der Waals surface area contributed by atoms with Crippen LogP contribution in [0.1, 0.15) is 28.5 Å². The molecule has 1 amide bonds. The average molecular weight is 316 g/mol. The molecule has 19 heavy (non-hydrogen) atoms. The van der Waals surface area contributed by atoms with Crippen molar-refractivity contribution in [2.24, 2.45) is 5.73 Å². The highest BCUT2D eigenvalue weighted by atomic mass is 35.5. The third-order valence-corrected chi connectivity index (χ3v) is 4.02. The number of hydrogen-bond donors (Lipinski definition) is 2. The van der Waals surface area contributed by atoms with Crippen LogP contribution in [0, 0.1) is 0 Å². The number of thiazole rings is 1. The average Bonchev–Trinajstić information content (AvgIpc) is 2.83. The van der Waals surface area contributed by atoms with Crippen molar-refractivity contribution in [2.45, 2.75) is 13.0 Å². The lowest BCUT2D eigenvalue weighted by Crippen LogP contribution is -2.14. The first-order valence-corrected chi connectivity index (χ1v) is 7.09. The summed E-state index contributed by atoms with van der Waals surface area (Å²) in [6.07, 6.45) is 0. The van der Waals surface area contributed by atoms with Crippen molar-refractivity contribution >= 4 is 46.1 Å². The number of anilines is 1. The maximum absolute atomic E-state index is 12.0. The van der Waals surface area contributed by atoms with Gasteiger partial charge < -0.3 is 11.1 Å². The van der Waals surface area contributed by atoms with Gasteiger partial charge in [0, 0.05) is 5.38 Å². The van der Waals surface area contributed by atoms with Crippen LogP contribution in [0.15, 0.2) is 23.6 Å². The molecule has 1 aromatic heterocycles. The molecule has 0 spiro atoms. The summed E-state index contributed by atoms with van der Waals surface area (Å²) >= 11 is 13.3. The van der Waals surface area contributed by atoms with E-state index in [2.05, 4.69) is 10.3 Å². The van der Waals surface area contributed by atoms with E-state index < -0.39 is 0 Å². The van der Waals surface area contributed by atoms with Crippen LogP contribution in [0.25, 0.3) is 0 Å². The van der Waals surface area contributed by atoms with Gasteiger partial charge >= 0.3 is 0 Å². The minimum atomic E-state index is -0.363. The van der Waals surface area contributed by atoms with Crippen molar-refractivity contribution in [3.8, 4) is 0 Å². The third-order valence-electron chi connectivity index (χ3n) is 2.35. The van der Waals surface area contributed by atoms with Crippen LogP contribution in [-0.4, -0.2) is 10.9 Å². The summed E-state index contributed by atoms with van der Waals surface area (Å²) in [6.45, 7) is 1.81. The van der Waals surface area contributed by atoms with Crippen molar-refractivity contribution < 1.29 is 4.79 Å². The number of rotatable bonds is 3. The van der Waals surface area contributed by atoms with E-state index >= 15 is 0 Å². The predicted octanol–water partition coefficient (Wildman–Crippen LogP) is 3.72. The Morgan fingerprint density at radius 1 is 1.42 bits per heavy atom. The van der Waals surface area contributed by atoms with Crippen LogP contribution in [-0.2, 0) is 0 Å². The highest BCUT2D eigenvalue weighted by molar-refractivity contribution is 7.09.